The first-order valence-electron chi connectivity index (χ1n) is 8.73. The summed E-state index contributed by atoms with van der Waals surface area (Å²) < 4.78 is 29.1. The summed E-state index contributed by atoms with van der Waals surface area (Å²) in [5.74, 6) is -1.29. The summed E-state index contributed by atoms with van der Waals surface area (Å²) in [6, 6.07) is 13.1. The van der Waals surface area contributed by atoms with Gasteiger partial charge in [-0.05, 0) is 49.6 Å². The number of rotatable bonds is 4. The average Bonchev–Trinajstić information content (AvgIpc) is 3.25. The van der Waals surface area contributed by atoms with E-state index in [1.54, 1.807) is 4.68 Å². The number of carbonyl (C=O) groups is 1. The van der Waals surface area contributed by atoms with Crippen LogP contribution < -0.4 is 5.32 Å². The molecule has 136 valence electrons. The molecule has 1 aliphatic carbocycles. The number of hydrogen-bond acceptors (Lipinski definition) is 2. The number of halogens is 2. The van der Waals surface area contributed by atoms with Crippen molar-refractivity contribution < 1.29 is 13.6 Å². The van der Waals surface area contributed by atoms with E-state index in [-0.39, 0.29) is 5.56 Å². The Kier molecular flexibility index (Phi) is 4.54. The molecule has 0 saturated carbocycles. The minimum Gasteiger partial charge on any atom is -0.307 e. The number of carbonyl (C=O) groups excluding carboxylic acids is 1. The lowest BCUT2D eigenvalue weighted by molar-refractivity contribution is -0.111. The zero-order chi connectivity index (χ0) is 18.8. The minimum atomic E-state index is -0.714. The molecule has 0 saturated heterocycles. The molecular formula is C21H17F2N3O. The third kappa shape index (κ3) is 3.38. The number of nitrogens with one attached hydrogen (secondary N) is 1. The summed E-state index contributed by atoms with van der Waals surface area (Å²) in [7, 11) is 0. The fourth-order valence-electron chi connectivity index (χ4n) is 3.26. The van der Waals surface area contributed by atoms with Crippen LogP contribution in [0.4, 0.5) is 14.6 Å². The average molecular weight is 365 g/mol. The van der Waals surface area contributed by atoms with Crippen molar-refractivity contribution >= 4 is 17.8 Å². The molecule has 1 aliphatic rings. The lowest BCUT2D eigenvalue weighted by Gasteiger charge is -2.09. The third-order valence-corrected chi connectivity index (χ3v) is 4.55. The van der Waals surface area contributed by atoms with Crippen LogP contribution in [0.2, 0.25) is 0 Å². The second-order valence-corrected chi connectivity index (χ2v) is 6.33. The molecule has 0 atom stereocenters. The molecule has 0 fully saturated rings. The standard InChI is InChI=1S/C21H17F2N3O/c22-17-9-5-10-18(23)15(17)12-13-20(27)24-21-16-8-4-11-19(16)25-26(21)14-6-2-1-3-7-14/h1-3,5-7,9-10,12-13H,4,8,11H2,(H,24,27)/b13-12+. The van der Waals surface area contributed by atoms with Gasteiger partial charge in [0.05, 0.1) is 11.4 Å². The summed E-state index contributed by atoms with van der Waals surface area (Å²) in [6.45, 7) is 0. The Morgan fingerprint density at radius 2 is 1.78 bits per heavy atom. The topological polar surface area (TPSA) is 46.9 Å². The van der Waals surface area contributed by atoms with Crippen molar-refractivity contribution in [2.24, 2.45) is 0 Å². The molecule has 1 amide bonds. The van der Waals surface area contributed by atoms with Gasteiger partial charge in [0.15, 0.2) is 0 Å². The van der Waals surface area contributed by atoms with Crippen molar-refractivity contribution in [2.45, 2.75) is 19.3 Å². The van der Waals surface area contributed by atoms with Gasteiger partial charge in [-0.3, -0.25) is 4.79 Å². The van der Waals surface area contributed by atoms with Crippen molar-refractivity contribution in [3.63, 3.8) is 0 Å². The lowest BCUT2D eigenvalue weighted by Crippen LogP contribution is -2.13. The Bertz CT molecular complexity index is 1010. The number of amides is 1. The first kappa shape index (κ1) is 17.1. The molecule has 4 rings (SSSR count). The zero-order valence-corrected chi connectivity index (χ0v) is 14.5. The first-order valence-corrected chi connectivity index (χ1v) is 8.73. The highest BCUT2D eigenvalue weighted by Crippen LogP contribution is 2.31. The van der Waals surface area contributed by atoms with E-state index < -0.39 is 17.5 Å². The molecule has 0 spiro atoms. The normalized spacial score (nSPS) is 13.1. The van der Waals surface area contributed by atoms with Gasteiger partial charge in [-0.15, -0.1) is 0 Å². The predicted molar refractivity (Wildman–Crippen MR) is 99.6 cm³/mol. The number of hydrogen-bond donors (Lipinski definition) is 1. The van der Waals surface area contributed by atoms with E-state index in [0.717, 1.165) is 60.5 Å². The van der Waals surface area contributed by atoms with Gasteiger partial charge in [-0.2, -0.15) is 5.10 Å². The van der Waals surface area contributed by atoms with Gasteiger partial charge in [0, 0.05) is 17.2 Å². The largest absolute Gasteiger partial charge is 0.307 e. The van der Waals surface area contributed by atoms with Crippen LogP contribution in [0.5, 0.6) is 0 Å². The maximum Gasteiger partial charge on any atom is 0.249 e. The van der Waals surface area contributed by atoms with E-state index >= 15 is 0 Å². The molecule has 27 heavy (non-hydrogen) atoms. The molecule has 1 heterocycles. The lowest BCUT2D eigenvalue weighted by atomic mass is 10.2. The van der Waals surface area contributed by atoms with Gasteiger partial charge >= 0.3 is 0 Å². The molecule has 4 nitrogen and oxygen atoms in total. The highest BCUT2D eigenvalue weighted by Gasteiger charge is 2.23. The number of anilines is 1. The van der Waals surface area contributed by atoms with E-state index in [0.29, 0.717) is 5.82 Å². The SMILES string of the molecule is O=C(/C=C/c1c(F)cccc1F)Nc1c2c(nn1-c1ccccc1)CCC2. The van der Waals surface area contributed by atoms with Crippen molar-refractivity contribution in [1.29, 1.82) is 0 Å². The Morgan fingerprint density at radius 1 is 1.04 bits per heavy atom. The molecule has 0 aliphatic heterocycles. The monoisotopic (exact) mass is 365 g/mol. The molecule has 6 heteroatoms. The number of aryl methyl sites for hydroxylation is 1. The molecule has 2 aromatic carbocycles. The molecule has 0 bridgehead atoms. The molecule has 3 aromatic rings. The van der Waals surface area contributed by atoms with Crippen molar-refractivity contribution in [3.05, 3.63) is 83.1 Å². The predicted octanol–water partition coefficient (Wildman–Crippen LogP) is 4.29. The van der Waals surface area contributed by atoms with Crippen LogP contribution in [-0.2, 0) is 17.6 Å². The van der Waals surface area contributed by atoms with Crippen molar-refractivity contribution in [3.8, 4) is 5.69 Å². The van der Waals surface area contributed by atoms with Crippen LogP contribution in [0, 0.1) is 11.6 Å². The quantitative estimate of drug-likeness (QED) is 0.701. The summed E-state index contributed by atoms with van der Waals surface area (Å²) in [5, 5.41) is 7.45. The highest BCUT2D eigenvalue weighted by atomic mass is 19.1. The van der Waals surface area contributed by atoms with E-state index in [2.05, 4.69) is 10.4 Å². The van der Waals surface area contributed by atoms with Crippen LogP contribution in [0.1, 0.15) is 23.2 Å². The van der Waals surface area contributed by atoms with Crippen molar-refractivity contribution in [2.75, 3.05) is 5.32 Å². The van der Waals surface area contributed by atoms with Crippen LogP contribution >= 0.6 is 0 Å². The summed E-state index contributed by atoms with van der Waals surface area (Å²) >= 11 is 0. The van der Waals surface area contributed by atoms with E-state index in [9.17, 15) is 13.6 Å². The Balaban J connectivity index is 1.63. The smallest absolute Gasteiger partial charge is 0.249 e. The highest BCUT2D eigenvalue weighted by molar-refractivity contribution is 6.02. The number of nitrogens with zero attached hydrogens (tertiary/aromatic N) is 2. The second kappa shape index (κ2) is 7.15. The van der Waals surface area contributed by atoms with Gasteiger partial charge in [0.2, 0.25) is 5.91 Å². The van der Waals surface area contributed by atoms with Crippen molar-refractivity contribution in [1.82, 2.24) is 9.78 Å². The Labute approximate surface area is 155 Å². The van der Waals surface area contributed by atoms with Crippen LogP contribution in [0.25, 0.3) is 11.8 Å². The number of fused-ring (bicyclic) bond motifs is 1. The summed E-state index contributed by atoms with van der Waals surface area (Å²) in [4.78, 5) is 12.4. The molecular weight excluding hydrogens is 348 g/mol. The van der Waals surface area contributed by atoms with Crippen LogP contribution in [0.3, 0.4) is 0 Å². The van der Waals surface area contributed by atoms with E-state index in [1.807, 2.05) is 30.3 Å². The number of benzene rings is 2. The fraction of sp³-hybridized carbons (Fsp3) is 0.143. The molecule has 1 N–H and O–H groups in total. The Hall–Kier alpha value is -3.28. The van der Waals surface area contributed by atoms with Gasteiger partial charge in [-0.25, -0.2) is 13.5 Å². The van der Waals surface area contributed by atoms with Gasteiger partial charge in [0.1, 0.15) is 17.5 Å². The maximum atomic E-state index is 13.7. The molecule has 0 radical (unpaired) electrons. The first-order chi connectivity index (χ1) is 13.1. The van der Waals surface area contributed by atoms with Crippen LogP contribution in [-0.4, -0.2) is 15.7 Å². The molecule has 0 unspecified atom stereocenters. The number of aromatic nitrogens is 2. The zero-order valence-electron chi connectivity index (χ0n) is 14.5. The van der Waals surface area contributed by atoms with E-state index in [4.69, 9.17) is 0 Å². The van der Waals surface area contributed by atoms with Gasteiger partial charge in [-0.1, -0.05) is 24.3 Å². The summed E-state index contributed by atoms with van der Waals surface area (Å²) in [5.41, 5.74) is 2.58. The van der Waals surface area contributed by atoms with Crippen LogP contribution in [0.15, 0.2) is 54.6 Å². The Morgan fingerprint density at radius 3 is 2.52 bits per heavy atom. The minimum absolute atomic E-state index is 0.241. The number of para-hydroxylation sites is 1. The van der Waals surface area contributed by atoms with E-state index in [1.165, 1.54) is 6.07 Å². The maximum absolute atomic E-state index is 13.7. The van der Waals surface area contributed by atoms with Gasteiger partial charge in [0.25, 0.3) is 0 Å². The summed E-state index contributed by atoms with van der Waals surface area (Å²) in [6.07, 6.45) is 4.97. The van der Waals surface area contributed by atoms with Gasteiger partial charge < -0.3 is 5.32 Å². The molecule has 1 aromatic heterocycles. The fourth-order valence-corrected chi connectivity index (χ4v) is 3.26. The second-order valence-electron chi connectivity index (χ2n) is 6.33. The third-order valence-electron chi connectivity index (χ3n) is 4.55.